The monoisotopic (exact) mass is 382 g/mol. The number of anilines is 1. The number of hydrogen-bond donors (Lipinski definition) is 0. The topological polar surface area (TPSA) is 32.3 Å². The molecular weight excluding hydrogens is 364 g/mol. The fourth-order valence-electron chi connectivity index (χ4n) is 2.88. The number of halogens is 2. The molecule has 3 rings (SSSR count). The van der Waals surface area contributed by atoms with Gasteiger partial charge in [-0.1, -0.05) is 11.6 Å². The van der Waals surface area contributed by atoms with Crippen LogP contribution in [0.1, 0.15) is 20.8 Å². The van der Waals surface area contributed by atoms with E-state index in [0.29, 0.717) is 5.02 Å². The third kappa shape index (κ3) is 3.07. The number of aromatic nitrogens is 2. The fourth-order valence-corrected chi connectivity index (χ4v) is 3.37. The molecule has 0 atom stereocenters. The third-order valence-electron chi connectivity index (χ3n) is 4.18. The zero-order valence-corrected chi connectivity index (χ0v) is 15.4. The Hall–Kier alpha value is -0.910. The van der Waals surface area contributed by atoms with Crippen molar-refractivity contribution in [3.05, 3.63) is 28.0 Å². The van der Waals surface area contributed by atoms with Gasteiger partial charge in [-0.15, -0.1) is 0 Å². The summed E-state index contributed by atoms with van der Waals surface area (Å²) in [5.41, 5.74) is 1.13. The van der Waals surface area contributed by atoms with Crippen LogP contribution in [0.4, 0.5) is 5.82 Å². The van der Waals surface area contributed by atoms with Gasteiger partial charge in [-0.2, -0.15) is 0 Å². The molecule has 1 aliphatic rings. The zero-order valence-electron chi connectivity index (χ0n) is 13.1. The molecule has 1 saturated heterocycles. The molecule has 2 aromatic rings. The Morgan fingerprint density at radius 3 is 2.41 bits per heavy atom. The Kier molecular flexibility index (Phi) is 4.32. The van der Waals surface area contributed by atoms with E-state index in [4.69, 9.17) is 11.6 Å². The van der Waals surface area contributed by atoms with E-state index >= 15 is 0 Å². The summed E-state index contributed by atoms with van der Waals surface area (Å²) >= 11 is 9.71. The van der Waals surface area contributed by atoms with Crippen LogP contribution in [-0.4, -0.2) is 46.6 Å². The predicted octanol–water partition coefficient (Wildman–Crippen LogP) is 3.97. The smallest absolute Gasteiger partial charge is 0.140 e. The van der Waals surface area contributed by atoms with Crippen LogP contribution in [0.15, 0.2) is 22.9 Å². The van der Waals surface area contributed by atoms with E-state index < -0.39 is 0 Å². The molecule has 1 aliphatic heterocycles. The summed E-state index contributed by atoms with van der Waals surface area (Å²) in [6.45, 7) is 10.8. The van der Waals surface area contributed by atoms with E-state index in [2.05, 4.69) is 56.5 Å². The van der Waals surface area contributed by atoms with Crippen molar-refractivity contribution in [3.8, 4) is 0 Å². The van der Waals surface area contributed by atoms with E-state index in [9.17, 15) is 0 Å². The molecule has 1 fully saturated rings. The van der Waals surface area contributed by atoms with E-state index in [1.807, 2.05) is 12.1 Å². The molecule has 2 heterocycles. The summed E-state index contributed by atoms with van der Waals surface area (Å²) in [4.78, 5) is 13.7. The molecule has 0 radical (unpaired) electrons. The van der Waals surface area contributed by atoms with Crippen molar-refractivity contribution in [2.45, 2.75) is 26.3 Å². The maximum Gasteiger partial charge on any atom is 0.140 e. The molecular formula is C16H20BrClN4. The van der Waals surface area contributed by atoms with Crippen LogP contribution in [0.25, 0.3) is 10.9 Å². The van der Waals surface area contributed by atoms with Crippen LogP contribution in [0.5, 0.6) is 0 Å². The highest BCUT2D eigenvalue weighted by molar-refractivity contribution is 9.10. The van der Waals surface area contributed by atoms with Gasteiger partial charge in [0.05, 0.1) is 10.5 Å². The van der Waals surface area contributed by atoms with Gasteiger partial charge < -0.3 is 4.90 Å². The summed E-state index contributed by atoms with van der Waals surface area (Å²) < 4.78 is 0.865. The van der Waals surface area contributed by atoms with Gasteiger partial charge in [0.15, 0.2) is 0 Å². The average molecular weight is 384 g/mol. The molecule has 118 valence electrons. The lowest BCUT2D eigenvalue weighted by atomic mass is 10.0. The molecule has 0 amide bonds. The first-order valence-electron chi connectivity index (χ1n) is 7.46. The van der Waals surface area contributed by atoms with Crippen LogP contribution in [-0.2, 0) is 0 Å². The summed E-state index contributed by atoms with van der Waals surface area (Å²) in [5, 5.41) is 1.71. The predicted molar refractivity (Wildman–Crippen MR) is 95.8 cm³/mol. The van der Waals surface area contributed by atoms with Gasteiger partial charge in [0, 0.05) is 41.6 Å². The molecule has 0 bridgehead atoms. The van der Waals surface area contributed by atoms with Crippen LogP contribution < -0.4 is 4.90 Å². The summed E-state index contributed by atoms with van der Waals surface area (Å²) in [7, 11) is 0. The fraction of sp³-hybridized carbons (Fsp3) is 0.500. The first kappa shape index (κ1) is 16.0. The third-order valence-corrected chi connectivity index (χ3v) is 5.38. The number of fused-ring (bicyclic) bond motifs is 1. The molecule has 4 nitrogen and oxygen atoms in total. The van der Waals surface area contributed by atoms with Crippen LogP contribution in [0, 0.1) is 0 Å². The second-order valence-electron chi connectivity index (χ2n) is 6.63. The first-order chi connectivity index (χ1) is 10.4. The standard InChI is InChI=1S/C16H20BrClN4/c1-16(2,3)22-6-4-21(5-7-22)15-11-8-13(18)12(17)9-14(11)19-10-20-15/h8-10H,4-7H2,1-3H3. The second kappa shape index (κ2) is 5.95. The molecule has 0 aliphatic carbocycles. The molecule has 0 spiro atoms. The average Bonchev–Trinajstić information content (AvgIpc) is 2.47. The van der Waals surface area contributed by atoms with Crippen molar-refractivity contribution in [2.75, 3.05) is 31.1 Å². The number of benzene rings is 1. The lowest BCUT2D eigenvalue weighted by molar-refractivity contribution is 0.128. The molecule has 22 heavy (non-hydrogen) atoms. The van der Waals surface area contributed by atoms with Gasteiger partial charge in [0.25, 0.3) is 0 Å². The van der Waals surface area contributed by atoms with Crippen LogP contribution in [0.3, 0.4) is 0 Å². The van der Waals surface area contributed by atoms with Crippen molar-refractivity contribution in [2.24, 2.45) is 0 Å². The normalized spacial score (nSPS) is 17.2. The number of piperazine rings is 1. The Bertz CT molecular complexity index is 690. The van der Waals surface area contributed by atoms with Crippen molar-refractivity contribution in [1.82, 2.24) is 14.9 Å². The van der Waals surface area contributed by atoms with Gasteiger partial charge in [-0.3, -0.25) is 4.90 Å². The molecule has 1 aromatic carbocycles. The van der Waals surface area contributed by atoms with Crippen LogP contribution >= 0.6 is 27.5 Å². The highest BCUT2D eigenvalue weighted by Gasteiger charge is 2.27. The van der Waals surface area contributed by atoms with Gasteiger partial charge in [0.1, 0.15) is 12.1 Å². The first-order valence-corrected chi connectivity index (χ1v) is 8.63. The van der Waals surface area contributed by atoms with Gasteiger partial charge in [-0.25, -0.2) is 9.97 Å². The van der Waals surface area contributed by atoms with E-state index in [1.165, 1.54) is 0 Å². The lowest BCUT2D eigenvalue weighted by Gasteiger charge is -2.42. The minimum atomic E-state index is 0.216. The Morgan fingerprint density at radius 1 is 1.09 bits per heavy atom. The SMILES string of the molecule is CC(C)(C)N1CCN(c2ncnc3cc(Br)c(Cl)cc23)CC1. The highest BCUT2D eigenvalue weighted by atomic mass is 79.9. The van der Waals surface area contributed by atoms with Crippen molar-refractivity contribution < 1.29 is 0 Å². The summed E-state index contributed by atoms with van der Waals surface area (Å²) in [6, 6.07) is 3.90. The van der Waals surface area contributed by atoms with E-state index in [1.54, 1.807) is 6.33 Å². The molecule has 0 saturated carbocycles. The minimum absolute atomic E-state index is 0.216. The second-order valence-corrected chi connectivity index (χ2v) is 7.89. The van der Waals surface area contributed by atoms with Crippen LogP contribution in [0.2, 0.25) is 5.02 Å². The number of rotatable bonds is 1. The molecule has 0 N–H and O–H groups in total. The Balaban J connectivity index is 1.90. The molecule has 0 unspecified atom stereocenters. The zero-order chi connectivity index (χ0) is 15.9. The lowest BCUT2D eigenvalue weighted by Crippen LogP contribution is -2.53. The number of nitrogens with zero attached hydrogens (tertiary/aromatic N) is 4. The van der Waals surface area contributed by atoms with Crippen molar-refractivity contribution in [1.29, 1.82) is 0 Å². The molecule has 1 aromatic heterocycles. The Morgan fingerprint density at radius 2 is 1.77 bits per heavy atom. The maximum atomic E-state index is 6.25. The quantitative estimate of drug-likeness (QED) is 0.746. The van der Waals surface area contributed by atoms with Gasteiger partial charge >= 0.3 is 0 Å². The van der Waals surface area contributed by atoms with Crippen molar-refractivity contribution >= 4 is 44.3 Å². The van der Waals surface area contributed by atoms with E-state index in [0.717, 1.165) is 47.4 Å². The minimum Gasteiger partial charge on any atom is -0.353 e. The largest absolute Gasteiger partial charge is 0.353 e. The summed E-state index contributed by atoms with van der Waals surface area (Å²) in [6.07, 6.45) is 1.63. The highest BCUT2D eigenvalue weighted by Crippen LogP contribution is 2.32. The number of hydrogen-bond acceptors (Lipinski definition) is 4. The maximum absolute atomic E-state index is 6.25. The van der Waals surface area contributed by atoms with Crippen molar-refractivity contribution in [3.63, 3.8) is 0 Å². The summed E-state index contributed by atoms with van der Waals surface area (Å²) in [5.74, 6) is 0.980. The van der Waals surface area contributed by atoms with Gasteiger partial charge in [-0.05, 0) is 48.8 Å². The molecule has 6 heteroatoms. The Labute approximate surface area is 144 Å². The van der Waals surface area contributed by atoms with Gasteiger partial charge in [0.2, 0.25) is 0 Å². The van der Waals surface area contributed by atoms with E-state index in [-0.39, 0.29) is 5.54 Å².